The highest BCUT2D eigenvalue weighted by Gasteiger charge is 2.21. The molecule has 20 heavy (non-hydrogen) atoms. The monoisotopic (exact) mass is 377 g/mol. The number of benzene rings is 1. The Balaban J connectivity index is 2.02. The van der Waals surface area contributed by atoms with Gasteiger partial charge < -0.3 is 0 Å². The van der Waals surface area contributed by atoms with E-state index in [1.54, 1.807) is 18.2 Å². The predicted octanol–water partition coefficient (Wildman–Crippen LogP) is 3.50. The summed E-state index contributed by atoms with van der Waals surface area (Å²) < 4.78 is 35.3. The molecule has 1 unspecified atom stereocenters. The third-order valence-electron chi connectivity index (χ3n) is 2.97. The van der Waals surface area contributed by atoms with Gasteiger partial charge in [0.2, 0.25) is 10.0 Å². The molecule has 0 fully saturated rings. The molecular weight excluding hydrogens is 362 g/mol. The number of nitrogens with one attached hydrogen (secondary N) is 1. The molecule has 1 aliphatic rings. The molecule has 8 heteroatoms. The van der Waals surface area contributed by atoms with Crippen molar-refractivity contribution in [1.82, 2.24) is 4.72 Å². The first kappa shape index (κ1) is 15.8. The molecule has 110 valence electrons. The summed E-state index contributed by atoms with van der Waals surface area (Å²) in [6, 6.07) is 5.01. The normalized spacial score (nSPS) is 14.9. The number of rotatable bonds is 7. The van der Waals surface area contributed by atoms with Crippen molar-refractivity contribution in [3.63, 3.8) is 0 Å². The van der Waals surface area contributed by atoms with Crippen LogP contribution in [0.1, 0.15) is 19.8 Å². The Kier molecular flexibility index (Phi) is 5.48. The minimum absolute atomic E-state index is 0.206. The van der Waals surface area contributed by atoms with E-state index in [2.05, 4.69) is 36.3 Å². The summed E-state index contributed by atoms with van der Waals surface area (Å²) >= 11 is 4.43. The first-order valence-corrected chi connectivity index (χ1v) is 9.65. The maximum absolute atomic E-state index is 12.3. The van der Waals surface area contributed by atoms with Crippen LogP contribution >= 0.6 is 15.9 Å². The van der Waals surface area contributed by atoms with Crippen LogP contribution in [0.2, 0.25) is 0 Å². The molecule has 1 aromatic rings. The topological polar surface area (TPSA) is 70.9 Å². The summed E-state index contributed by atoms with van der Waals surface area (Å²) in [4.78, 5) is 0.206. The van der Waals surface area contributed by atoms with Gasteiger partial charge in [0.1, 0.15) is 16.3 Å². The molecule has 1 N–H and O–H groups in total. The SMILES string of the molecule is CC(CBr)CCCNS(=O)(=O)c1cccc2c1N=S=N2. The van der Waals surface area contributed by atoms with E-state index in [0.717, 1.165) is 29.5 Å². The number of nitrogens with zero attached hydrogens (tertiary/aromatic N) is 2. The van der Waals surface area contributed by atoms with E-state index < -0.39 is 10.0 Å². The van der Waals surface area contributed by atoms with E-state index in [0.29, 0.717) is 23.8 Å². The summed E-state index contributed by atoms with van der Waals surface area (Å²) in [5, 5.41) is 0.934. The average molecular weight is 378 g/mol. The molecule has 0 saturated heterocycles. The zero-order chi connectivity index (χ0) is 14.6. The van der Waals surface area contributed by atoms with Crippen molar-refractivity contribution in [3.8, 4) is 0 Å². The Morgan fingerprint density at radius 1 is 1.40 bits per heavy atom. The molecule has 0 aliphatic carbocycles. The first-order valence-electron chi connectivity index (χ1n) is 6.31. The Hall–Kier alpha value is -0.570. The molecule has 2 rings (SSSR count). The van der Waals surface area contributed by atoms with Gasteiger partial charge in [-0.15, -0.1) is 0 Å². The van der Waals surface area contributed by atoms with Crippen LogP contribution in [-0.2, 0) is 21.4 Å². The van der Waals surface area contributed by atoms with Crippen molar-refractivity contribution in [2.75, 3.05) is 11.9 Å². The Bertz CT molecular complexity index is 655. The van der Waals surface area contributed by atoms with Gasteiger partial charge in [-0.2, -0.15) is 8.73 Å². The van der Waals surface area contributed by atoms with E-state index in [-0.39, 0.29) is 4.90 Å². The smallest absolute Gasteiger partial charge is 0.211 e. The molecule has 0 spiro atoms. The van der Waals surface area contributed by atoms with Gasteiger partial charge in [0.15, 0.2) is 0 Å². The van der Waals surface area contributed by atoms with Crippen LogP contribution in [0.5, 0.6) is 0 Å². The maximum atomic E-state index is 12.3. The van der Waals surface area contributed by atoms with Crippen molar-refractivity contribution >= 4 is 48.7 Å². The van der Waals surface area contributed by atoms with E-state index >= 15 is 0 Å². The van der Waals surface area contributed by atoms with Crippen LogP contribution in [0.3, 0.4) is 0 Å². The van der Waals surface area contributed by atoms with Crippen LogP contribution in [-0.4, -0.2) is 20.3 Å². The summed E-state index contributed by atoms with van der Waals surface area (Å²) in [7, 11) is -3.52. The lowest BCUT2D eigenvalue weighted by Gasteiger charge is -2.10. The number of halogens is 1. The van der Waals surface area contributed by atoms with Crippen molar-refractivity contribution in [1.29, 1.82) is 0 Å². The molecule has 0 bridgehead atoms. The van der Waals surface area contributed by atoms with Gasteiger partial charge >= 0.3 is 0 Å². The highest BCUT2D eigenvalue weighted by atomic mass is 79.9. The van der Waals surface area contributed by atoms with Crippen LogP contribution in [0, 0.1) is 5.92 Å². The van der Waals surface area contributed by atoms with Crippen LogP contribution in [0.15, 0.2) is 31.8 Å². The van der Waals surface area contributed by atoms with Gasteiger partial charge in [0, 0.05) is 11.9 Å². The Morgan fingerprint density at radius 3 is 2.95 bits per heavy atom. The van der Waals surface area contributed by atoms with Gasteiger partial charge in [-0.3, -0.25) is 0 Å². The van der Waals surface area contributed by atoms with Crippen molar-refractivity contribution in [2.24, 2.45) is 14.6 Å². The van der Waals surface area contributed by atoms with Gasteiger partial charge in [0.25, 0.3) is 0 Å². The summed E-state index contributed by atoms with van der Waals surface area (Å²) in [6.07, 6.45) is 1.80. The molecule has 1 heterocycles. The average Bonchev–Trinajstić information content (AvgIpc) is 2.91. The second-order valence-electron chi connectivity index (χ2n) is 4.69. The zero-order valence-corrected chi connectivity index (χ0v) is 14.3. The fourth-order valence-corrected chi connectivity index (χ4v) is 3.97. The molecule has 1 atom stereocenters. The number of sulfonamides is 1. The third-order valence-corrected chi connectivity index (χ3v) is 6.11. The molecule has 0 aromatic heterocycles. The van der Waals surface area contributed by atoms with Crippen molar-refractivity contribution in [3.05, 3.63) is 18.2 Å². The fourth-order valence-electron chi connectivity index (χ4n) is 1.81. The maximum Gasteiger partial charge on any atom is 0.242 e. The van der Waals surface area contributed by atoms with E-state index in [1.165, 1.54) is 0 Å². The van der Waals surface area contributed by atoms with Crippen molar-refractivity contribution < 1.29 is 8.42 Å². The van der Waals surface area contributed by atoms with E-state index in [4.69, 9.17) is 0 Å². The Morgan fingerprint density at radius 2 is 2.20 bits per heavy atom. The standard InChI is InChI=1S/C12H16BrN3O2S2/c1-9(8-13)4-3-7-14-20(17,18)11-6-2-5-10-12(11)16-19-15-10/h2,5-6,9,14H,3-4,7-8H2,1H3. The van der Waals surface area contributed by atoms with Crippen molar-refractivity contribution in [2.45, 2.75) is 24.7 Å². The minimum Gasteiger partial charge on any atom is -0.211 e. The third kappa shape index (κ3) is 3.75. The molecule has 1 aromatic carbocycles. The fraction of sp³-hybridized carbons (Fsp3) is 0.500. The van der Waals surface area contributed by atoms with E-state index in [1.807, 2.05) is 0 Å². The first-order chi connectivity index (χ1) is 9.54. The number of fused-ring (bicyclic) bond motifs is 1. The second kappa shape index (κ2) is 6.93. The van der Waals surface area contributed by atoms with Gasteiger partial charge in [-0.1, -0.05) is 28.9 Å². The molecule has 0 saturated carbocycles. The van der Waals surface area contributed by atoms with Gasteiger partial charge in [-0.25, -0.2) is 13.1 Å². The van der Waals surface area contributed by atoms with E-state index in [9.17, 15) is 8.42 Å². The lowest BCUT2D eigenvalue weighted by atomic mass is 10.1. The number of alkyl halides is 1. The van der Waals surface area contributed by atoms with Crippen LogP contribution in [0.25, 0.3) is 0 Å². The molecule has 0 radical (unpaired) electrons. The molecule has 1 aliphatic heterocycles. The Labute approximate surface area is 131 Å². The lowest BCUT2D eigenvalue weighted by Crippen LogP contribution is -2.25. The van der Waals surface area contributed by atoms with Crippen LogP contribution < -0.4 is 4.72 Å². The van der Waals surface area contributed by atoms with Crippen LogP contribution in [0.4, 0.5) is 11.4 Å². The number of hydrogen-bond acceptors (Lipinski definition) is 4. The quantitative estimate of drug-likeness (QED) is 0.592. The van der Waals surface area contributed by atoms with Gasteiger partial charge in [-0.05, 0) is 30.9 Å². The zero-order valence-electron chi connectivity index (χ0n) is 11.0. The molecule has 5 nitrogen and oxygen atoms in total. The summed E-state index contributed by atoms with van der Waals surface area (Å²) in [6.45, 7) is 2.57. The predicted molar refractivity (Wildman–Crippen MR) is 85.4 cm³/mol. The summed E-state index contributed by atoms with van der Waals surface area (Å²) in [5.41, 5.74) is 1.06. The second-order valence-corrected chi connectivity index (χ2v) is 7.60. The molecule has 0 amide bonds. The minimum atomic E-state index is -3.52. The number of hydrogen-bond donors (Lipinski definition) is 1. The van der Waals surface area contributed by atoms with Gasteiger partial charge in [0.05, 0.1) is 11.4 Å². The molecular formula is C12H16BrN3O2S2. The highest BCUT2D eigenvalue weighted by Crippen LogP contribution is 2.37. The summed E-state index contributed by atoms with van der Waals surface area (Å²) in [5.74, 6) is 0.547. The largest absolute Gasteiger partial charge is 0.242 e. The lowest BCUT2D eigenvalue weighted by molar-refractivity contribution is 0.547. The highest BCUT2D eigenvalue weighted by molar-refractivity contribution is 9.09.